The van der Waals surface area contributed by atoms with Crippen molar-refractivity contribution in [3.05, 3.63) is 29.6 Å². The molecule has 0 aliphatic rings. The summed E-state index contributed by atoms with van der Waals surface area (Å²) in [6.07, 6.45) is -3.03. The van der Waals surface area contributed by atoms with Crippen LogP contribution in [0.5, 0.6) is 0 Å². The first-order valence-electron chi connectivity index (χ1n) is 5.25. The number of carbonyl (C=O) groups is 2. The number of hydrogen-bond acceptors (Lipinski definition) is 4. The van der Waals surface area contributed by atoms with Crippen LogP contribution in [-0.2, 0) is 15.8 Å². The van der Waals surface area contributed by atoms with Crippen molar-refractivity contribution in [2.45, 2.75) is 20.0 Å². The summed E-state index contributed by atoms with van der Waals surface area (Å²) in [5, 5.41) is 0. The number of hydrogen-bond donors (Lipinski definition) is 1. The van der Waals surface area contributed by atoms with E-state index in [0.29, 0.717) is 6.07 Å². The van der Waals surface area contributed by atoms with E-state index in [1.807, 2.05) is 0 Å². The van der Waals surface area contributed by atoms with E-state index in [-0.39, 0.29) is 0 Å². The zero-order valence-corrected chi connectivity index (χ0v) is 10.1. The second kappa shape index (κ2) is 5.68. The molecule has 1 heterocycles. The van der Waals surface area contributed by atoms with Crippen molar-refractivity contribution in [2.75, 3.05) is 0 Å². The summed E-state index contributed by atoms with van der Waals surface area (Å²) in [6, 6.07) is 0.666. The largest absolute Gasteiger partial charge is 0.417 e. The van der Waals surface area contributed by atoms with Crippen LogP contribution in [0.4, 0.5) is 13.2 Å². The summed E-state index contributed by atoms with van der Waals surface area (Å²) in [4.78, 5) is 30.4. The van der Waals surface area contributed by atoms with Crippen molar-refractivity contribution < 1.29 is 27.6 Å². The van der Waals surface area contributed by atoms with Crippen LogP contribution in [0, 0.1) is 5.92 Å². The fourth-order valence-electron chi connectivity index (χ4n) is 1.09. The summed E-state index contributed by atoms with van der Waals surface area (Å²) in [7, 11) is 0. The highest BCUT2D eigenvalue weighted by molar-refractivity contribution is 5.95. The number of halogens is 3. The number of nitrogens with one attached hydrogen (secondary N) is 1. The van der Waals surface area contributed by atoms with Crippen LogP contribution in [0.3, 0.4) is 0 Å². The molecule has 0 bridgehead atoms. The lowest BCUT2D eigenvalue weighted by Gasteiger charge is -2.12. The maximum absolute atomic E-state index is 12.6. The van der Waals surface area contributed by atoms with Gasteiger partial charge < -0.3 is 4.84 Å². The Balaban J connectivity index is 2.86. The molecule has 104 valence electrons. The summed E-state index contributed by atoms with van der Waals surface area (Å²) in [5.74, 6) is -2.46. The molecule has 1 aromatic heterocycles. The lowest BCUT2D eigenvalue weighted by atomic mass is 10.1. The van der Waals surface area contributed by atoms with Gasteiger partial charge in [0.1, 0.15) is 0 Å². The van der Waals surface area contributed by atoms with Gasteiger partial charge in [-0.3, -0.25) is 9.78 Å². The molecule has 0 unspecified atom stereocenters. The molecule has 0 aromatic carbocycles. The summed E-state index contributed by atoms with van der Waals surface area (Å²) < 4.78 is 37.9. The predicted octanol–water partition coefficient (Wildman–Crippen LogP) is 1.94. The number of aromatic nitrogens is 1. The molecule has 0 aliphatic carbocycles. The third-order valence-corrected chi connectivity index (χ3v) is 2.09. The number of alkyl halides is 3. The topological polar surface area (TPSA) is 68.3 Å². The molecular formula is C11H11F3N2O3. The number of amides is 1. The fourth-order valence-corrected chi connectivity index (χ4v) is 1.09. The number of rotatable bonds is 2. The number of pyridine rings is 1. The van der Waals surface area contributed by atoms with E-state index in [0.717, 1.165) is 12.4 Å². The molecule has 0 saturated carbocycles. The molecule has 0 saturated heterocycles. The second-order valence-electron chi connectivity index (χ2n) is 3.93. The van der Waals surface area contributed by atoms with E-state index in [4.69, 9.17) is 0 Å². The molecule has 0 spiro atoms. The van der Waals surface area contributed by atoms with Gasteiger partial charge in [-0.05, 0) is 6.07 Å². The molecule has 0 radical (unpaired) electrons. The van der Waals surface area contributed by atoms with Crippen molar-refractivity contribution in [3.8, 4) is 0 Å². The molecule has 0 fully saturated rings. The molecule has 1 aromatic rings. The Morgan fingerprint density at radius 3 is 2.53 bits per heavy atom. The van der Waals surface area contributed by atoms with Crippen LogP contribution in [0.2, 0.25) is 0 Å². The summed E-state index contributed by atoms with van der Waals surface area (Å²) in [6.45, 7) is 3.03. The van der Waals surface area contributed by atoms with E-state index in [9.17, 15) is 22.8 Å². The van der Waals surface area contributed by atoms with Crippen molar-refractivity contribution in [1.29, 1.82) is 0 Å². The second-order valence-corrected chi connectivity index (χ2v) is 3.93. The van der Waals surface area contributed by atoms with E-state index in [1.165, 1.54) is 13.8 Å². The molecule has 1 N–H and O–H groups in total. The van der Waals surface area contributed by atoms with Crippen molar-refractivity contribution >= 4 is 11.9 Å². The van der Waals surface area contributed by atoms with Crippen LogP contribution in [0.15, 0.2) is 18.5 Å². The SMILES string of the molecule is CC(C)C(=O)ONC(=O)c1cnccc1C(F)(F)F. The van der Waals surface area contributed by atoms with E-state index < -0.39 is 35.1 Å². The third-order valence-electron chi connectivity index (χ3n) is 2.09. The van der Waals surface area contributed by atoms with Crippen LogP contribution in [0.1, 0.15) is 29.8 Å². The summed E-state index contributed by atoms with van der Waals surface area (Å²) >= 11 is 0. The Morgan fingerprint density at radius 1 is 1.37 bits per heavy atom. The van der Waals surface area contributed by atoms with Crippen molar-refractivity contribution in [2.24, 2.45) is 5.92 Å². The molecule has 1 amide bonds. The maximum atomic E-state index is 12.6. The van der Waals surface area contributed by atoms with Gasteiger partial charge in [-0.25, -0.2) is 4.79 Å². The van der Waals surface area contributed by atoms with E-state index >= 15 is 0 Å². The van der Waals surface area contributed by atoms with Gasteiger partial charge in [0.05, 0.1) is 17.0 Å². The molecule has 5 nitrogen and oxygen atoms in total. The van der Waals surface area contributed by atoms with Gasteiger partial charge in [0.2, 0.25) is 0 Å². The van der Waals surface area contributed by atoms with Crippen molar-refractivity contribution in [1.82, 2.24) is 10.5 Å². The molecule has 0 aliphatic heterocycles. The van der Waals surface area contributed by atoms with E-state index in [2.05, 4.69) is 9.82 Å². The minimum Gasteiger partial charge on any atom is -0.340 e. The Labute approximate surface area is 106 Å². The Bertz CT molecular complexity index is 486. The average Bonchev–Trinajstić information content (AvgIpc) is 2.34. The van der Waals surface area contributed by atoms with Gasteiger partial charge in [0.25, 0.3) is 5.91 Å². The smallest absolute Gasteiger partial charge is 0.340 e. The summed E-state index contributed by atoms with van der Waals surface area (Å²) in [5.41, 5.74) is -0.204. The molecule has 0 atom stereocenters. The van der Waals surface area contributed by atoms with Gasteiger partial charge in [-0.1, -0.05) is 13.8 Å². The fraction of sp³-hybridized carbons (Fsp3) is 0.364. The zero-order valence-electron chi connectivity index (χ0n) is 10.1. The Morgan fingerprint density at radius 2 is 2.00 bits per heavy atom. The van der Waals surface area contributed by atoms with Crippen LogP contribution < -0.4 is 5.48 Å². The monoisotopic (exact) mass is 276 g/mol. The number of nitrogens with zero attached hydrogens (tertiary/aromatic N) is 1. The first kappa shape index (κ1) is 14.9. The van der Waals surface area contributed by atoms with E-state index in [1.54, 1.807) is 5.48 Å². The lowest BCUT2D eigenvalue weighted by molar-refractivity contribution is -0.152. The van der Waals surface area contributed by atoms with Crippen LogP contribution in [0.25, 0.3) is 0 Å². The van der Waals surface area contributed by atoms with Gasteiger partial charge in [0.15, 0.2) is 0 Å². The zero-order chi connectivity index (χ0) is 14.6. The van der Waals surface area contributed by atoms with Gasteiger partial charge >= 0.3 is 12.1 Å². The highest BCUT2D eigenvalue weighted by atomic mass is 19.4. The Kier molecular flexibility index (Phi) is 4.47. The molecule has 1 rings (SSSR count). The predicted molar refractivity (Wildman–Crippen MR) is 57.6 cm³/mol. The van der Waals surface area contributed by atoms with Crippen LogP contribution in [-0.4, -0.2) is 16.9 Å². The standard InChI is InChI=1S/C11H11F3N2O3/c1-6(2)10(18)19-16-9(17)7-5-15-4-3-8(7)11(12,13)14/h3-6H,1-2H3,(H,16,17). The minimum absolute atomic E-state index is 0.517. The third kappa shape index (κ3) is 3.94. The first-order valence-corrected chi connectivity index (χ1v) is 5.25. The average molecular weight is 276 g/mol. The van der Waals surface area contributed by atoms with Gasteiger partial charge in [-0.2, -0.15) is 18.7 Å². The molecule has 19 heavy (non-hydrogen) atoms. The highest BCUT2D eigenvalue weighted by Gasteiger charge is 2.35. The van der Waals surface area contributed by atoms with Crippen LogP contribution >= 0.6 is 0 Å². The molecular weight excluding hydrogens is 265 g/mol. The number of carbonyl (C=O) groups excluding carboxylic acids is 2. The minimum atomic E-state index is -4.70. The molecule has 8 heteroatoms. The maximum Gasteiger partial charge on any atom is 0.417 e. The number of hydroxylamine groups is 1. The normalized spacial score (nSPS) is 11.3. The lowest BCUT2D eigenvalue weighted by Crippen LogP contribution is -2.30. The van der Waals surface area contributed by atoms with Gasteiger partial charge in [-0.15, -0.1) is 0 Å². The Hall–Kier alpha value is -2.12. The van der Waals surface area contributed by atoms with Crippen molar-refractivity contribution in [3.63, 3.8) is 0 Å². The quantitative estimate of drug-likeness (QED) is 0.838. The van der Waals surface area contributed by atoms with Gasteiger partial charge in [0, 0.05) is 12.4 Å². The highest BCUT2D eigenvalue weighted by Crippen LogP contribution is 2.31. The first-order chi connectivity index (χ1) is 8.73.